The molecule has 6 aliphatic heterocycles. The molecule has 6 rings (SSSR count). The summed E-state index contributed by atoms with van der Waals surface area (Å²) < 4.78 is 25.2. The van der Waals surface area contributed by atoms with E-state index in [4.69, 9.17) is 0 Å². The van der Waals surface area contributed by atoms with Crippen molar-refractivity contribution in [3.63, 3.8) is 0 Å². The van der Waals surface area contributed by atoms with E-state index in [-0.39, 0.29) is 76.9 Å². The minimum atomic E-state index is -4.48. The van der Waals surface area contributed by atoms with Crippen LogP contribution >= 0.6 is 0 Å². The molecule has 6 fully saturated rings. The Morgan fingerprint density at radius 3 is 0.778 bits per heavy atom. The molecular formula is HLiMgNaO11Si4-. The molecule has 6 saturated heterocycles. The Kier molecular flexibility index (Phi) is 8.33. The van der Waals surface area contributed by atoms with Crippen molar-refractivity contribution in [3.05, 3.63) is 0 Å². The van der Waals surface area contributed by atoms with Crippen LogP contribution in [0.3, 0.4) is 0 Å². The summed E-state index contributed by atoms with van der Waals surface area (Å²) in [5.41, 5.74) is 0. The quantitative estimate of drug-likeness (QED) is 0.381. The summed E-state index contributed by atoms with van der Waals surface area (Å²) in [7, 11) is -17.9. The topological polar surface area (TPSA) is 178 Å². The summed E-state index contributed by atoms with van der Waals surface area (Å²) in [6.45, 7) is 0. The van der Waals surface area contributed by atoms with E-state index in [1.807, 2.05) is 0 Å². The van der Waals surface area contributed by atoms with E-state index >= 15 is 0 Å². The van der Waals surface area contributed by atoms with Gasteiger partial charge in [0.15, 0.2) is 0 Å². The molecule has 6 heterocycles. The minimum Gasteiger partial charge on any atom is -0.870 e. The average Bonchev–Trinajstić information content (AvgIpc) is 1.72. The first-order chi connectivity index (χ1) is 6.24. The minimum absolute atomic E-state index is 0. The summed E-state index contributed by atoms with van der Waals surface area (Å²) in [5.74, 6) is 0. The Morgan fingerprint density at radius 2 is 0.667 bits per heavy atom. The van der Waals surface area contributed by atoms with Gasteiger partial charge in [-0.25, -0.2) is 0 Å². The Bertz CT molecular complexity index is 249. The number of hydrogen-bond acceptors (Lipinski definition) is 11. The molecular weight excluding hydrogens is 343 g/mol. The molecule has 0 aromatic rings. The summed E-state index contributed by atoms with van der Waals surface area (Å²) >= 11 is 0. The Morgan fingerprint density at radius 1 is 0.556 bits per heavy atom. The van der Waals surface area contributed by atoms with E-state index in [9.17, 15) is 19.2 Å². The zero-order valence-corrected chi connectivity index (χ0v) is 16.7. The van der Waals surface area contributed by atoms with Crippen LogP contribution in [0.25, 0.3) is 0 Å². The first kappa shape index (κ1) is 23.1. The monoisotopic (exact) mass is 343 g/mol. The largest absolute Gasteiger partial charge is 2.00 e. The van der Waals surface area contributed by atoms with E-state index < -0.39 is 36.2 Å². The van der Waals surface area contributed by atoms with Gasteiger partial charge in [0, 0.05) is 0 Å². The van der Waals surface area contributed by atoms with Crippen molar-refractivity contribution in [2.24, 2.45) is 0 Å². The van der Waals surface area contributed by atoms with Gasteiger partial charge in [0.2, 0.25) is 0 Å². The van der Waals surface area contributed by atoms with Gasteiger partial charge in [-0.2, -0.15) is 0 Å². The Balaban J connectivity index is 0. The van der Waals surface area contributed by atoms with Gasteiger partial charge in [0.05, 0.1) is 0 Å². The zero-order valence-electron chi connectivity index (χ0n) is 9.24. The molecule has 0 aromatic heterocycles. The molecule has 0 atom stereocenters. The van der Waals surface area contributed by atoms with Crippen molar-refractivity contribution in [2.45, 2.75) is 0 Å². The maximum Gasteiger partial charge on any atom is 2.00 e. The van der Waals surface area contributed by atoms with Gasteiger partial charge in [-0.3, -0.25) is 0 Å². The second kappa shape index (κ2) is 6.50. The van der Waals surface area contributed by atoms with Crippen molar-refractivity contribution < 1.29 is 97.8 Å². The molecule has 4 bridgehead atoms. The van der Waals surface area contributed by atoms with Crippen LogP contribution in [0.4, 0.5) is 0 Å². The molecule has 0 amide bonds. The third-order valence-corrected chi connectivity index (χ3v) is 13.5. The van der Waals surface area contributed by atoms with Gasteiger partial charge < -0.3 is 49.3 Å². The summed E-state index contributed by atoms with van der Waals surface area (Å²) in [6, 6.07) is 0. The van der Waals surface area contributed by atoms with Crippen LogP contribution < -0.4 is 67.6 Å². The average molecular weight is 344 g/mol. The van der Waals surface area contributed by atoms with E-state index in [1.54, 1.807) is 0 Å². The molecule has 18 heteroatoms. The summed E-state index contributed by atoms with van der Waals surface area (Å²) in [4.78, 5) is 44.5. The Hall–Kier alpha value is 2.79. The molecule has 0 spiro atoms. The first-order valence-electron chi connectivity index (χ1n) is 3.27. The molecule has 1 N–H and O–H groups in total. The zero-order chi connectivity index (χ0) is 10.2. The second-order valence-electron chi connectivity index (χ2n) is 2.61. The fourth-order valence-electron chi connectivity index (χ4n) is 1.10. The van der Waals surface area contributed by atoms with Crippen LogP contribution in [0.2, 0.25) is 0 Å². The van der Waals surface area contributed by atoms with Crippen molar-refractivity contribution in [1.82, 2.24) is 0 Å². The van der Waals surface area contributed by atoms with Crippen LogP contribution in [-0.4, -0.2) is 64.7 Å². The molecule has 0 radical (unpaired) electrons. The van der Waals surface area contributed by atoms with Crippen molar-refractivity contribution >= 4 is 59.2 Å². The van der Waals surface area contributed by atoms with Gasteiger partial charge in [0.1, 0.15) is 0 Å². The summed E-state index contributed by atoms with van der Waals surface area (Å²) in [6.07, 6.45) is 0. The molecule has 6 aliphatic rings. The first-order valence-corrected chi connectivity index (χ1v) is 9.80. The van der Waals surface area contributed by atoms with Crippen molar-refractivity contribution in [1.29, 1.82) is 0 Å². The van der Waals surface area contributed by atoms with E-state index in [2.05, 4.69) is 24.7 Å². The molecule has 11 nitrogen and oxygen atoms in total. The van der Waals surface area contributed by atoms with Gasteiger partial charge in [0.25, 0.3) is 0 Å². The molecule has 0 aromatic carbocycles. The van der Waals surface area contributed by atoms with E-state index in [0.29, 0.717) is 0 Å². The Labute approximate surface area is 155 Å². The summed E-state index contributed by atoms with van der Waals surface area (Å²) in [5, 5.41) is 0. The normalized spacial score (nSPS) is 51.3. The van der Waals surface area contributed by atoms with E-state index in [0.717, 1.165) is 0 Å². The van der Waals surface area contributed by atoms with Gasteiger partial charge in [-0.15, -0.1) is 0 Å². The van der Waals surface area contributed by atoms with Crippen molar-refractivity contribution in [3.8, 4) is 0 Å². The van der Waals surface area contributed by atoms with Crippen LogP contribution in [0.15, 0.2) is 0 Å². The maximum atomic E-state index is 11.1. The molecule has 0 unspecified atom stereocenters. The number of rotatable bonds is 0. The molecule has 0 saturated carbocycles. The van der Waals surface area contributed by atoms with Crippen LogP contribution in [0, 0.1) is 0 Å². The van der Waals surface area contributed by atoms with Gasteiger partial charge >= 0.3 is 108 Å². The van der Waals surface area contributed by atoms with Crippen molar-refractivity contribution in [2.75, 3.05) is 0 Å². The number of hydrogen-bond donors (Lipinski definition) is 0. The van der Waals surface area contributed by atoms with Crippen LogP contribution in [0.5, 0.6) is 0 Å². The third kappa shape index (κ3) is 3.95. The smallest absolute Gasteiger partial charge is 0.870 e. The second-order valence-corrected chi connectivity index (χ2v) is 11.5. The molecule has 88 valence electrons. The third-order valence-electron chi connectivity index (χ3n) is 1.50. The van der Waals surface area contributed by atoms with Gasteiger partial charge in [-0.1, -0.05) is 0 Å². The van der Waals surface area contributed by atoms with Crippen LogP contribution in [-0.2, 0) is 24.7 Å². The van der Waals surface area contributed by atoms with E-state index in [1.165, 1.54) is 0 Å². The van der Waals surface area contributed by atoms with Gasteiger partial charge in [-0.05, 0) is 0 Å². The van der Waals surface area contributed by atoms with Crippen LogP contribution in [0.1, 0.15) is 0 Å². The fourth-order valence-corrected chi connectivity index (χ4v) is 12.9. The predicted octanol–water partition coefficient (Wildman–Crippen LogP) is -13.2. The SMILES string of the molecule is [Li+].[Mg+2].[Na+].[O-][Si]12O[Si]([O-])(O1)O[Si]1([O-])O[Si]([O-])(O1)O2.[OH-]. The maximum absolute atomic E-state index is 11.1. The molecule has 18 heavy (non-hydrogen) atoms. The molecule has 0 aliphatic carbocycles. The predicted molar refractivity (Wildman–Crippen MR) is 37.2 cm³/mol. The fraction of sp³-hybridized carbons (Fsp3) is 0. The standard InChI is InChI=1S/Li.Mg.Na.O10Si4.H2O/c;;;1-11-5-12(2,6-11)10-14(4)7-13(3,8-14)9-11;/h;;;;1H2/q+1;+2;+1;-4;/p-1.